The smallest absolute Gasteiger partial charge is 0.321 e. The largest absolute Gasteiger partial charge is 0.383 e. The SMILES string of the molecule is COCCNC(=O)CCC1CCN(C(=O)Nc2ccc(Cl)cc2C)CC1. The molecule has 0 saturated carbocycles. The third-order valence-corrected chi connectivity index (χ3v) is 4.97. The molecule has 26 heavy (non-hydrogen) atoms. The highest BCUT2D eigenvalue weighted by Gasteiger charge is 2.23. The Labute approximate surface area is 160 Å². The van der Waals surface area contributed by atoms with Crippen molar-refractivity contribution in [2.75, 3.05) is 38.7 Å². The van der Waals surface area contributed by atoms with Gasteiger partial charge in [0.05, 0.1) is 6.61 Å². The molecule has 1 aromatic rings. The average Bonchev–Trinajstić information content (AvgIpc) is 2.63. The number of benzene rings is 1. The lowest BCUT2D eigenvalue weighted by molar-refractivity contribution is -0.121. The van der Waals surface area contributed by atoms with E-state index in [-0.39, 0.29) is 11.9 Å². The van der Waals surface area contributed by atoms with E-state index < -0.39 is 0 Å². The van der Waals surface area contributed by atoms with E-state index in [2.05, 4.69) is 10.6 Å². The average molecular weight is 382 g/mol. The van der Waals surface area contributed by atoms with Crippen molar-refractivity contribution in [2.24, 2.45) is 5.92 Å². The summed E-state index contributed by atoms with van der Waals surface area (Å²) in [6.07, 6.45) is 3.26. The second kappa shape index (κ2) is 10.4. The number of aryl methyl sites for hydroxylation is 1. The molecule has 1 aromatic carbocycles. The molecule has 2 N–H and O–H groups in total. The van der Waals surface area contributed by atoms with Gasteiger partial charge in [0.1, 0.15) is 0 Å². The second-order valence-corrected chi connectivity index (χ2v) is 7.14. The number of carbonyl (C=O) groups excluding carboxylic acids is 2. The first-order chi connectivity index (χ1) is 12.5. The number of amides is 3. The maximum atomic E-state index is 12.4. The fourth-order valence-corrected chi connectivity index (χ4v) is 3.33. The van der Waals surface area contributed by atoms with Gasteiger partial charge in [-0.1, -0.05) is 11.6 Å². The molecular formula is C19H28ClN3O3. The van der Waals surface area contributed by atoms with Gasteiger partial charge in [-0.2, -0.15) is 0 Å². The maximum absolute atomic E-state index is 12.4. The molecule has 7 heteroatoms. The van der Waals surface area contributed by atoms with Gasteiger partial charge >= 0.3 is 6.03 Å². The third-order valence-electron chi connectivity index (χ3n) is 4.74. The molecule has 144 valence electrons. The predicted molar refractivity (Wildman–Crippen MR) is 104 cm³/mol. The molecule has 2 rings (SSSR count). The highest BCUT2D eigenvalue weighted by molar-refractivity contribution is 6.30. The minimum absolute atomic E-state index is 0.0698. The first-order valence-electron chi connectivity index (χ1n) is 9.07. The monoisotopic (exact) mass is 381 g/mol. The number of ether oxygens (including phenoxy) is 1. The molecule has 1 saturated heterocycles. The number of nitrogens with zero attached hydrogens (tertiary/aromatic N) is 1. The van der Waals surface area contributed by atoms with Crippen LogP contribution in [0.5, 0.6) is 0 Å². The van der Waals surface area contributed by atoms with Crippen LogP contribution in [-0.4, -0.2) is 50.2 Å². The molecule has 1 heterocycles. The van der Waals surface area contributed by atoms with E-state index in [9.17, 15) is 9.59 Å². The van der Waals surface area contributed by atoms with Crippen LogP contribution >= 0.6 is 11.6 Å². The minimum atomic E-state index is -0.0776. The van der Waals surface area contributed by atoms with Crippen molar-refractivity contribution in [3.8, 4) is 0 Å². The molecule has 0 atom stereocenters. The van der Waals surface area contributed by atoms with E-state index in [1.165, 1.54) is 0 Å². The summed E-state index contributed by atoms with van der Waals surface area (Å²) in [7, 11) is 1.62. The lowest BCUT2D eigenvalue weighted by Crippen LogP contribution is -2.41. The zero-order chi connectivity index (χ0) is 18.9. The molecule has 1 aliphatic rings. The van der Waals surface area contributed by atoms with E-state index in [1.807, 2.05) is 24.0 Å². The molecular weight excluding hydrogens is 354 g/mol. The Morgan fingerprint density at radius 3 is 2.69 bits per heavy atom. The van der Waals surface area contributed by atoms with Crippen LogP contribution in [0.4, 0.5) is 10.5 Å². The summed E-state index contributed by atoms with van der Waals surface area (Å²) in [4.78, 5) is 26.0. The van der Waals surface area contributed by atoms with Crippen LogP contribution in [0.2, 0.25) is 5.02 Å². The summed E-state index contributed by atoms with van der Waals surface area (Å²) in [5.74, 6) is 0.560. The summed E-state index contributed by atoms with van der Waals surface area (Å²) in [6, 6.07) is 5.35. The molecule has 3 amide bonds. The van der Waals surface area contributed by atoms with Gasteiger partial charge in [0.15, 0.2) is 0 Å². The number of methoxy groups -OCH3 is 1. The van der Waals surface area contributed by atoms with Gasteiger partial charge in [-0.05, 0) is 55.9 Å². The van der Waals surface area contributed by atoms with Gasteiger partial charge < -0.3 is 20.3 Å². The van der Waals surface area contributed by atoms with Crippen molar-refractivity contribution in [1.82, 2.24) is 10.2 Å². The van der Waals surface area contributed by atoms with Crippen LogP contribution < -0.4 is 10.6 Å². The number of hydrogen-bond donors (Lipinski definition) is 2. The van der Waals surface area contributed by atoms with Crippen molar-refractivity contribution < 1.29 is 14.3 Å². The Hall–Kier alpha value is -1.79. The summed E-state index contributed by atoms with van der Waals surface area (Å²) in [5.41, 5.74) is 1.73. The highest BCUT2D eigenvalue weighted by atomic mass is 35.5. The van der Waals surface area contributed by atoms with E-state index >= 15 is 0 Å². The van der Waals surface area contributed by atoms with Crippen molar-refractivity contribution in [3.63, 3.8) is 0 Å². The lowest BCUT2D eigenvalue weighted by atomic mass is 9.92. The summed E-state index contributed by atoms with van der Waals surface area (Å²) >= 11 is 5.95. The van der Waals surface area contributed by atoms with Crippen molar-refractivity contribution in [3.05, 3.63) is 28.8 Å². The fourth-order valence-electron chi connectivity index (χ4n) is 3.10. The van der Waals surface area contributed by atoms with Crippen LogP contribution in [0.1, 0.15) is 31.2 Å². The maximum Gasteiger partial charge on any atom is 0.321 e. The van der Waals surface area contributed by atoms with Gasteiger partial charge in [0.2, 0.25) is 5.91 Å². The quantitative estimate of drug-likeness (QED) is 0.711. The van der Waals surface area contributed by atoms with Gasteiger partial charge in [-0.15, -0.1) is 0 Å². The molecule has 1 fully saturated rings. The Morgan fingerprint density at radius 1 is 1.31 bits per heavy atom. The minimum Gasteiger partial charge on any atom is -0.383 e. The first-order valence-corrected chi connectivity index (χ1v) is 9.45. The fraction of sp³-hybridized carbons (Fsp3) is 0.579. The number of hydrogen-bond acceptors (Lipinski definition) is 3. The van der Waals surface area contributed by atoms with E-state index in [4.69, 9.17) is 16.3 Å². The van der Waals surface area contributed by atoms with Crippen molar-refractivity contribution in [1.29, 1.82) is 0 Å². The lowest BCUT2D eigenvalue weighted by Gasteiger charge is -2.32. The number of urea groups is 1. The van der Waals surface area contributed by atoms with Gasteiger partial charge in [0, 0.05) is 43.9 Å². The van der Waals surface area contributed by atoms with Crippen LogP contribution in [0.15, 0.2) is 18.2 Å². The number of rotatable bonds is 7. The Bertz CT molecular complexity index is 616. The van der Waals surface area contributed by atoms with Crippen molar-refractivity contribution in [2.45, 2.75) is 32.6 Å². The van der Waals surface area contributed by atoms with Crippen LogP contribution in [0.25, 0.3) is 0 Å². The van der Waals surface area contributed by atoms with Gasteiger partial charge in [0.25, 0.3) is 0 Å². The first kappa shape index (κ1) is 20.5. The topological polar surface area (TPSA) is 70.7 Å². The third kappa shape index (κ3) is 6.50. The summed E-state index contributed by atoms with van der Waals surface area (Å²) in [5, 5.41) is 6.45. The molecule has 0 aliphatic carbocycles. The van der Waals surface area contributed by atoms with Crippen LogP contribution in [0, 0.1) is 12.8 Å². The van der Waals surface area contributed by atoms with Crippen LogP contribution in [0.3, 0.4) is 0 Å². The number of anilines is 1. The molecule has 0 unspecified atom stereocenters. The van der Waals surface area contributed by atoms with Gasteiger partial charge in [-0.25, -0.2) is 4.79 Å². The van der Waals surface area contributed by atoms with Crippen molar-refractivity contribution >= 4 is 29.2 Å². The normalized spacial score (nSPS) is 15.0. The Morgan fingerprint density at radius 2 is 2.04 bits per heavy atom. The number of nitrogens with one attached hydrogen (secondary N) is 2. The van der Waals surface area contributed by atoms with Crippen LogP contribution in [-0.2, 0) is 9.53 Å². The molecule has 0 bridgehead atoms. The standard InChI is InChI=1S/C19H28ClN3O3/c1-14-13-16(20)4-5-17(14)22-19(25)23-10-7-15(8-11-23)3-6-18(24)21-9-12-26-2/h4-5,13,15H,3,6-12H2,1-2H3,(H,21,24)(H,22,25). The summed E-state index contributed by atoms with van der Waals surface area (Å²) in [6.45, 7) is 4.44. The number of piperidine rings is 1. The molecule has 1 aliphatic heterocycles. The Balaban J connectivity index is 1.70. The van der Waals surface area contributed by atoms with E-state index in [0.717, 1.165) is 30.5 Å². The number of halogens is 1. The van der Waals surface area contributed by atoms with E-state index in [1.54, 1.807) is 13.2 Å². The van der Waals surface area contributed by atoms with Gasteiger partial charge in [-0.3, -0.25) is 4.79 Å². The second-order valence-electron chi connectivity index (χ2n) is 6.70. The summed E-state index contributed by atoms with van der Waals surface area (Å²) < 4.78 is 4.91. The molecule has 0 spiro atoms. The highest BCUT2D eigenvalue weighted by Crippen LogP contribution is 2.24. The number of carbonyl (C=O) groups is 2. The Kier molecular flexibility index (Phi) is 8.19. The predicted octanol–water partition coefficient (Wildman–Crippen LogP) is 3.44. The zero-order valence-electron chi connectivity index (χ0n) is 15.5. The van der Waals surface area contributed by atoms with E-state index in [0.29, 0.717) is 43.6 Å². The number of likely N-dealkylation sites (tertiary alicyclic amines) is 1. The zero-order valence-corrected chi connectivity index (χ0v) is 16.3. The molecule has 6 nitrogen and oxygen atoms in total. The molecule has 0 radical (unpaired) electrons. The molecule has 0 aromatic heterocycles.